The minimum Gasteiger partial charge on any atom is -0.310 e. The van der Waals surface area contributed by atoms with Gasteiger partial charge in [-0.1, -0.05) is 111 Å². The number of benzene rings is 6. The van der Waals surface area contributed by atoms with Crippen molar-refractivity contribution >= 4 is 48.6 Å². The molecule has 0 saturated carbocycles. The second-order valence-corrected chi connectivity index (χ2v) is 12.5. The maximum absolute atomic E-state index is 2.45. The molecule has 196 valence electrons. The van der Waals surface area contributed by atoms with Crippen LogP contribution in [0.2, 0.25) is 0 Å². The Morgan fingerprint density at radius 2 is 1.17 bits per heavy atom. The van der Waals surface area contributed by atoms with Crippen molar-refractivity contribution in [3.8, 4) is 22.3 Å². The highest BCUT2D eigenvalue weighted by Crippen LogP contribution is 2.51. The second-order valence-electron chi connectivity index (χ2n) is 11.4. The van der Waals surface area contributed by atoms with Gasteiger partial charge in [0.25, 0.3) is 0 Å². The van der Waals surface area contributed by atoms with E-state index in [9.17, 15) is 0 Å². The lowest BCUT2D eigenvalue weighted by molar-refractivity contribution is 0.660. The Morgan fingerprint density at radius 3 is 2.02 bits per heavy atom. The molecule has 8 rings (SSSR count). The number of anilines is 3. The van der Waals surface area contributed by atoms with Crippen LogP contribution in [-0.4, -0.2) is 0 Å². The molecule has 0 radical (unpaired) electrons. The van der Waals surface area contributed by atoms with Gasteiger partial charge in [-0.2, -0.15) is 0 Å². The smallest absolute Gasteiger partial charge is 0.0554 e. The Morgan fingerprint density at radius 1 is 0.512 bits per heavy atom. The lowest BCUT2D eigenvalue weighted by Gasteiger charge is -2.29. The summed E-state index contributed by atoms with van der Waals surface area (Å²) in [7, 11) is 0. The predicted octanol–water partition coefficient (Wildman–Crippen LogP) is 11.5. The summed E-state index contributed by atoms with van der Waals surface area (Å²) in [5.41, 5.74) is 11.4. The van der Waals surface area contributed by atoms with Crippen molar-refractivity contribution in [3.63, 3.8) is 0 Å². The molecule has 0 aliphatic heterocycles. The number of hydrogen-bond acceptors (Lipinski definition) is 2. The average molecular weight is 544 g/mol. The first kappa shape index (κ1) is 24.2. The van der Waals surface area contributed by atoms with Gasteiger partial charge in [0.05, 0.1) is 5.69 Å². The molecule has 1 heterocycles. The van der Waals surface area contributed by atoms with E-state index >= 15 is 0 Å². The van der Waals surface area contributed by atoms with E-state index in [2.05, 4.69) is 158 Å². The molecule has 0 fully saturated rings. The van der Waals surface area contributed by atoms with Crippen LogP contribution in [0.5, 0.6) is 0 Å². The van der Waals surface area contributed by atoms with Crippen LogP contribution in [0, 0.1) is 0 Å². The average Bonchev–Trinajstić information content (AvgIpc) is 3.51. The van der Waals surface area contributed by atoms with Gasteiger partial charge in [0.15, 0.2) is 0 Å². The van der Waals surface area contributed by atoms with E-state index in [1.165, 1.54) is 64.9 Å². The summed E-state index contributed by atoms with van der Waals surface area (Å²) in [6.45, 7) is 4.71. The molecule has 1 aromatic heterocycles. The molecule has 0 N–H and O–H groups in total. The minimum absolute atomic E-state index is 0.0636. The Bertz CT molecular complexity index is 2070. The Kier molecular flexibility index (Phi) is 5.42. The fourth-order valence-electron chi connectivity index (χ4n) is 6.63. The minimum atomic E-state index is -0.0636. The highest BCUT2D eigenvalue weighted by atomic mass is 32.1. The number of thiophene rings is 1. The van der Waals surface area contributed by atoms with Crippen molar-refractivity contribution in [2.24, 2.45) is 0 Å². The fraction of sp³-hybridized carbons (Fsp3) is 0.0769. The molecule has 0 bridgehead atoms. The van der Waals surface area contributed by atoms with Crippen LogP contribution in [0.15, 0.2) is 140 Å². The molecule has 1 aliphatic carbocycles. The van der Waals surface area contributed by atoms with Crippen molar-refractivity contribution < 1.29 is 0 Å². The summed E-state index contributed by atoms with van der Waals surface area (Å²) in [6, 6.07) is 51.1. The van der Waals surface area contributed by atoms with Gasteiger partial charge in [-0.25, -0.2) is 0 Å². The lowest BCUT2D eigenvalue weighted by atomic mass is 9.82. The zero-order valence-electron chi connectivity index (χ0n) is 23.1. The van der Waals surface area contributed by atoms with E-state index in [1.54, 1.807) is 0 Å². The number of rotatable bonds is 4. The van der Waals surface area contributed by atoms with Crippen LogP contribution >= 0.6 is 11.3 Å². The number of hydrogen-bond donors (Lipinski definition) is 0. The van der Waals surface area contributed by atoms with Crippen molar-refractivity contribution in [2.45, 2.75) is 19.3 Å². The molecule has 41 heavy (non-hydrogen) atoms. The van der Waals surface area contributed by atoms with Crippen LogP contribution in [0.25, 0.3) is 42.4 Å². The Labute approximate surface area is 245 Å². The van der Waals surface area contributed by atoms with Gasteiger partial charge in [0, 0.05) is 37.0 Å². The number of nitrogens with zero attached hydrogens (tertiary/aromatic N) is 1. The largest absolute Gasteiger partial charge is 0.310 e. The Balaban J connectivity index is 1.36. The maximum atomic E-state index is 2.45. The molecular weight excluding hydrogens is 515 g/mol. The number of fused-ring (bicyclic) bond motifs is 6. The Hall–Kier alpha value is -4.66. The first-order valence-corrected chi connectivity index (χ1v) is 15.0. The summed E-state index contributed by atoms with van der Waals surface area (Å²) in [6.07, 6.45) is 0. The van der Waals surface area contributed by atoms with Crippen LogP contribution in [0.4, 0.5) is 17.1 Å². The first-order valence-electron chi connectivity index (χ1n) is 14.2. The summed E-state index contributed by atoms with van der Waals surface area (Å²) in [4.78, 5) is 2.45. The van der Waals surface area contributed by atoms with Gasteiger partial charge in [-0.3, -0.25) is 0 Å². The summed E-state index contributed by atoms with van der Waals surface area (Å²) >= 11 is 1.87. The SMILES string of the molecule is CC1(C)c2ccccc2-c2ccc(N(c3ccc(-c4ccccc4)cc3)c3cccc4sc5ccccc5c34)cc21. The third-order valence-electron chi connectivity index (χ3n) is 8.68. The third-order valence-corrected chi connectivity index (χ3v) is 9.82. The van der Waals surface area contributed by atoms with E-state index in [4.69, 9.17) is 0 Å². The van der Waals surface area contributed by atoms with Crippen molar-refractivity contribution in [3.05, 3.63) is 151 Å². The van der Waals surface area contributed by atoms with Gasteiger partial charge >= 0.3 is 0 Å². The van der Waals surface area contributed by atoms with Crippen LogP contribution in [-0.2, 0) is 5.41 Å². The maximum Gasteiger partial charge on any atom is 0.0554 e. The summed E-state index contributed by atoms with van der Waals surface area (Å²) < 4.78 is 2.63. The van der Waals surface area contributed by atoms with Crippen molar-refractivity contribution in [1.82, 2.24) is 0 Å². The molecule has 6 aromatic carbocycles. The zero-order chi connectivity index (χ0) is 27.6. The van der Waals surface area contributed by atoms with E-state index in [0.29, 0.717) is 0 Å². The van der Waals surface area contributed by atoms with Gasteiger partial charge in [0.1, 0.15) is 0 Å². The normalized spacial score (nSPS) is 13.3. The van der Waals surface area contributed by atoms with Crippen LogP contribution in [0.3, 0.4) is 0 Å². The molecule has 0 spiro atoms. The van der Waals surface area contributed by atoms with Gasteiger partial charge < -0.3 is 4.90 Å². The molecule has 7 aromatic rings. The van der Waals surface area contributed by atoms with Crippen molar-refractivity contribution in [1.29, 1.82) is 0 Å². The molecule has 1 nitrogen and oxygen atoms in total. The quantitative estimate of drug-likeness (QED) is 0.213. The van der Waals surface area contributed by atoms with Gasteiger partial charge in [-0.15, -0.1) is 11.3 Å². The molecule has 0 saturated heterocycles. The van der Waals surface area contributed by atoms with Crippen LogP contribution < -0.4 is 4.90 Å². The molecule has 1 aliphatic rings. The monoisotopic (exact) mass is 543 g/mol. The molecule has 0 unspecified atom stereocenters. The molecule has 2 heteroatoms. The van der Waals surface area contributed by atoms with E-state index in [-0.39, 0.29) is 5.41 Å². The first-order chi connectivity index (χ1) is 20.1. The third kappa shape index (κ3) is 3.75. The zero-order valence-corrected chi connectivity index (χ0v) is 24.0. The van der Waals surface area contributed by atoms with E-state index < -0.39 is 0 Å². The van der Waals surface area contributed by atoms with Gasteiger partial charge in [0.2, 0.25) is 0 Å². The standard InChI is InChI=1S/C39H29NS/c1-39(2)33-15-8-6-13-30(33)31-24-23-29(25-34(31)39)40(28-21-19-27(20-22-28)26-11-4-3-5-12-26)35-16-10-18-37-38(35)32-14-7-9-17-36(32)41-37/h3-25H,1-2H3. The van der Waals surface area contributed by atoms with E-state index in [0.717, 1.165) is 5.69 Å². The lowest BCUT2D eigenvalue weighted by Crippen LogP contribution is -2.16. The topological polar surface area (TPSA) is 3.24 Å². The van der Waals surface area contributed by atoms with Crippen LogP contribution in [0.1, 0.15) is 25.0 Å². The molecule has 0 atom stereocenters. The predicted molar refractivity (Wildman–Crippen MR) is 177 cm³/mol. The fourth-order valence-corrected chi connectivity index (χ4v) is 7.76. The highest BCUT2D eigenvalue weighted by Gasteiger charge is 2.35. The molecule has 0 amide bonds. The van der Waals surface area contributed by atoms with Gasteiger partial charge in [-0.05, 0) is 75.8 Å². The highest BCUT2D eigenvalue weighted by molar-refractivity contribution is 7.26. The van der Waals surface area contributed by atoms with Crippen molar-refractivity contribution in [2.75, 3.05) is 4.90 Å². The van der Waals surface area contributed by atoms with E-state index in [1.807, 2.05) is 11.3 Å². The summed E-state index contributed by atoms with van der Waals surface area (Å²) in [5, 5.41) is 2.62. The molecular formula is C39H29NS. The summed E-state index contributed by atoms with van der Waals surface area (Å²) in [5.74, 6) is 0. The second kappa shape index (κ2) is 9.19.